The number of nitrogens with zero attached hydrogens (tertiary/aromatic N) is 1. The van der Waals surface area contributed by atoms with Crippen LogP contribution in [-0.4, -0.2) is 30.8 Å². The zero-order valence-corrected chi connectivity index (χ0v) is 14.1. The summed E-state index contributed by atoms with van der Waals surface area (Å²) in [5, 5.41) is 7.50. The molecule has 27 heavy (non-hydrogen) atoms. The largest absolute Gasteiger partial charge is 0.492 e. The van der Waals surface area contributed by atoms with Gasteiger partial charge in [0.2, 0.25) is 0 Å². The van der Waals surface area contributed by atoms with Crippen molar-refractivity contribution in [1.29, 1.82) is 0 Å². The fourth-order valence-corrected chi connectivity index (χ4v) is 3.08. The van der Waals surface area contributed by atoms with E-state index in [0.717, 1.165) is 11.0 Å². The van der Waals surface area contributed by atoms with Gasteiger partial charge in [-0.25, -0.2) is 13.2 Å². The average Bonchev–Trinajstić information content (AvgIpc) is 3.02. The number of anilines is 1. The fourth-order valence-electron chi connectivity index (χ4n) is 2.26. The molecule has 0 aliphatic carbocycles. The third kappa shape index (κ3) is 3.85. The number of nitrogens with one attached hydrogen (secondary N) is 2. The average molecular weight is 400 g/mol. The number of halogens is 3. The van der Waals surface area contributed by atoms with Gasteiger partial charge in [0.15, 0.2) is 0 Å². The van der Waals surface area contributed by atoms with Gasteiger partial charge in [0, 0.05) is 16.6 Å². The SMILES string of the molecule is Nc1ccc2[nH]nc(-c3cccc(S(=O)(=O)NOC(=O)C(F)(F)F)c3)c2c1. The van der Waals surface area contributed by atoms with Crippen molar-refractivity contribution in [2.24, 2.45) is 0 Å². The number of nitrogen functional groups attached to an aromatic ring is 1. The van der Waals surface area contributed by atoms with Gasteiger partial charge in [0.05, 0.1) is 10.4 Å². The maximum atomic E-state index is 12.1. The Morgan fingerprint density at radius 2 is 1.93 bits per heavy atom. The summed E-state index contributed by atoms with van der Waals surface area (Å²) in [6.07, 6.45) is -5.34. The van der Waals surface area contributed by atoms with E-state index in [-0.39, 0.29) is 0 Å². The normalized spacial score (nSPS) is 12.3. The van der Waals surface area contributed by atoms with Gasteiger partial charge >= 0.3 is 12.1 Å². The van der Waals surface area contributed by atoms with Crippen LogP contribution < -0.4 is 10.6 Å². The highest BCUT2D eigenvalue weighted by Crippen LogP contribution is 2.29. The van der Waals surface area contributed by atoms with Crippen LogP contribution in [0.3, 0.4) is 0 Å². The number of nitrogens with two attached hydrogens (primary N) is 1. The minimum Gasteiger partial charge on any atom is -0.399 e. The molecule has 0 amide bonds. The molecule has 0 saturated heterocycles. The molecule has 4 N–H and O–H groups in total. The molecule has 0 unspecified atom stereocenters. The van der Waals surface area contributed by atoms with Crippen molar-refractivity contribution in [2.75, 3.05) is 5.73 Å². The van der Waals surface area contributed by atoms with Gasteiger partial charge < -0.3 is 10.6 Å². The lowest BCUT2D eigenvalue weighted by Crippen LogP contribution is -2.34. The number of H-pyrrole nitrogens is 1. The molecule has 0 fully saturated rings. The van der Waals surface area contributed by atoms with Gasteiger partial charge in [-0.1, -0.05) is 12.1 Å². The van der Waals surface area contributed by atoms with E-state index in [1.165, 1.54) is 12.1 Å². The van der Waals surface area contributed by atoms with E-state index in [9.17, 15) is 26.4 Å². The molecule has 8 nitrogen and oxygen atoms in total. The molecule has 1 heterocycles. The molecule has 0 aliphatic rings. The summed E-state index contributed by atoms with van der Waals surface area (Å²) in [4.78, 5) is 15.0. The van der Waals surface area contributed by atoms with Crippen LogP contribution in [0.15, 0.2) is 47.4 Å². The van der Waals surface area contributed by atoms with E-state index in [4.69, 9.17) is 5.73 Å². The van der Waals surface area contributed by atoms with Crippen molar-refractivity contribution >= 4 is 32.6 Å². The summed E-state index contributed by atoms with van der Waals surface area (Å²) in [5.41, 5.74) is 7.62. The Morgan fingerprint density at radius 3 is 2.63 bits per heavy atom. The second-order valence-corrected chi connectivity index (χ2v) is 7.02. The first-order chi connectivity index (χ1) is 12.6. The van der Waals surface area contributed by atoms with Crippen molar-refractivity contribution in [3.8, 4) is 11.3 Å². The van der Waals surface area contributed by atoms with E-state index < -0.39 is 27.1 Å². The Kier molecular flexibility index (Phi) is 4.53. The third-order valence-electron chi connectivity index (χ3n) is 3.48. The number of sulfonamides is 1. The summed E-state index contributed by atoms with van der Waals surface area (Å²) in [6, 6.07) is 10.2. The van der Waals surface area contributed by atoms with Crippen LogP contribution in [0.1, 0.15) is 0 Å². The number of aromatic amines is 1. The van der Waals surface area contributed by atoms with Gasteiger partial charge in [0.25, 0.3) is 10.0 Å². The van der Waals surface area contributed by atoms with E-state index in [1.54, 1.807) is 24.3 Å². The van der Waals surface area contributed by atoms with Crippen molar-refractivity contribution in [2.45, 2.75) is 11.1 Å². The first kappa shape index (κ1) is 18.7. The fraction of sp³-hybridized carbons (Fsp3) is 0.0667. The molecule has 0 spiro atoms. The second kappa shape index (κ2) is 6.55. The lowest BCUT2D eigenvalue weighted by atomic mass is 10.1. The third-order valence-corrected chi connectivity index (χ3v) is 4.66. The number of alkyl halides is 3. The molecule has 0 saturated carbocycles. The smallest absolute Gasteiger partial charge is 0.399 e. The lowest BCUT2D eigenvalue weighted by Gasteiger charge is -2.09. The number of fused-ring (bicyclic) bond motifs is 1. The zero-order chi connectivity index (χ0) is 19.8. The van der Waals surface area contributed by atoms with E-state index in [2.05, 4.69) is 15.0 Å². The minimum absolute atomic E-state index is 0.358. The summed E-state index contributed by atoms with van der Waals surface area (Å²) < 4.78 is 60.6. The van der Waals surface area contributed by atoms with Crippen molar-refractivity contribution in [3.05, 3.63) is 42.5 Å². The molecule has 1 aromatic heterocycles. The number of hydrogen-bond donors (Lipinski definition) is 3. The number of rotatable bonds is 4. The Hall–Kier alpha value is -3.12. The molecular formula is C15H11F3N4O4S. The molecule has 0 bridgehead atoms. The highest BCUT2D eigenvalue weighted by atomic mass is 32.2. The maximum absolute atomic E-state index is 12.1. The Balaban J connectivity index is 1.93. The number of carbonyl (C=O) groups is 1. The summed E-state index contributed by atoms with van der Waals surface area (Å²) in [7, 11) is -4.55. The molecular weight excluding hydrogens is 389 g/mol. The molecule has 0 aliphatic heterocycles. The Labute approximate surface area is 150 Å². The number of aromatic nitrogens is 2. The summed E-state index contributed by atoms with van der Waals surface area (Å²) in [5.74, 6) is -2.68. The standard InChI is InChI=1S/C15H11F3N4O4S/c16-15(17,18)14(23)26-22-27(24,25)10-3-1-2-8(6-10)13-11-7-9(19)4-5-12(11)20-21-13/h1-7,22H,19H2,(H,20,21). The quantitative estimate of drug-likeness (QED) is 0.455. The maximum Gasteiger partial charge on any atom is 0.492 e. The first-order valence-corrected chi connectivity index (χ1v) is 8.70. The molecule has 12 heteroatoms. The van der Waals surface area contributed by atoms with Gasteiger partial charge in [-0.15, -0.1) is 0 Å². The van der Waals surface area contributed by atoms with Crippen LogP contribution in [0.2, 0.25) is 0 Å². The van der Waals surface area contributed by atoms with Gasteiger partial charge in [-0.3, -0.25) is 5.10 Å². The van der Waals surface area contributed by atoms with Crippen LogP contribution in [0.25, 0.3) is 22.2 Å². The monoisotopic (exact) mass is 400 g/mol. The summed E-state index contributed by atoms with van der Waals surface area (Å²) >= 11 is 0. The Bertz CT molecular complexity index is 1130. The molecule has 3 aromatic rings. The van der Waals surface area contributed by atoms with Crippen LogP contribution in [0, 0.1) is 0 Å². The highest BCUT2D eigenvalue weighted by Gasteiger charge is 2.42. The summed E-state index contributed by atoms with van der Waals surface area (Å²) in [6.45, 7) is 0. The first-order valence-electron chi connectivity index (χ1n) is 7.22. The Morgan fingerprint density at radius 1 is 1.19 bits per heavy atom. The van der Waals surface area contributed by atoms with Crippen molar-refractivity contribution < 1.29 is 31.2 Å². The topological polar surface area (TPSA) is 127 Å². The molecule has 142 valence electrons. The van der Waals surface area contributed by atoms with E-state index >= 15 is 0 Å². The van der Waals surface area contributed by atoms with Gasteiger partial charge in [0.1, 0.15) is 5.69 Å². The minimum atomic E-state index is -5.34. The lowest BCUT2D eigenvalue weighted by molar-refractivity contribution is -0.203. The van der Waals surface area contributed by atoms with Crippen LogP contribution in [0.4, 0.5) is 18.9 Å². The van der Waals surface area contributed by atoms with Crippen molar-refractivity contribution in [3.63, 3.8) is 0 Å². The number of benzene rings is 2. The van der Waals surface area contributed by atoms with Crippen LogP contribution in [-0.2, 0) is 19.7 Å². The van der Waals surface area contributed by atoms with E-state index in [1.807, 2.05) is 0 Å². The molecule has 0 radical (unpaired) electrons. The second-order valence-electron chi connectivity index (χ2n) is 5.38. The predicted molar refractivity (Wildman–Crippen MR) is 88.4 cm³/mol. The van der Waals surface area contributed by atoms with Crippen molar-refractivity contribution in [1.82, 2.24) is 15.1 Å². The predicted octanol–water partition coefficient (Wildman–Crippen LogP) is 2.11. The van der Waals surface area contributed by atoms with Gasteiger partial charge in [-0.2, -0.15) is 18.3 Å². The van der Waals surface area contributed by atoms with Crippen LogP contribution in [0.5, 0.6) is 0 Å². The number of hydrogen-bond acceptors (Lipinski definition) is 6. The molecule has 3 rings (SSSR count). The highest BCUT2D eigenvalue weighted by molar-refractivity contribution is 7.89. The van der Waals surface area contributed by atoms with E-state index in [0.29, 0.717) is 27.8 Å². The number of carbonyl (C=O) groups excluding carboxylic acids is 1. The van der Waals surface area contributed by atoms with Gasteiger partial charge in [-0.05, 0) is 35.2 Å². The molecule has 2 aromatic carbocycles. The van der Waals surface area contributed by atoms with Crippen LogP contribution >= 0.6 is 0 Å². The zero-order valence-electron chi connectivity index (χ0n) is 13.2. The molecule has 0 atom stereocenters.